The number of rotatable bonds is 5. The third-order valence-electron chi connectivity index (χ3n) is 4.40. The molecule has 3 rings (SSSR count). The van der Waals surface area contributed by atoms with Gasteiger partial charge in [0.15, 0.2) is 11.5 Å². The molecule has 0 aromatic carbocycles. The lowest BCUT2D eigenvalue weighted by Crippen LogP contribution is -2.12. The molecule has 0 aliphatic heterocycles. The largest absolute Gasteiger partial charge is 0.476 e. The van der Waals surface area contributed by atoms with Gasteiger partial charge in [-0.15, -0.1) is 0 Å². The second-order valence-corrected chi connectivity index (χ2v) is 7.97. The summed E-state index contributed by atoms with van der Waals surface area (Å²) in [5.74, 6) is -0.610. The van der Waals surface area contributed by atoms with Crippen molar-refractivity contribution < 1.29 is 30.9 Å². The first kappa shape index (κ1) is 20.8. The van der Waals surface area contributed by atoms with Crippen LogP contribution in [0.3, 0.4) is 0 Å². The van der Waals surface area contributed by atoms with Gasteiger partial charge in [-0.1, -0.05) is 12.2 Å². The molecule has 2 aromatic rings. The van der Waals surface area contributed by atoms with E-state index in [9.17, 15) is 26.9 Å². The molecular weight excluding hydrogens is 413 g/mol. The van der Waals surface area contributed by atoms with Crippen LogP contribution in [0.5, 0.6) is 5.88 Å². The Morgan fingerprint density at radius 1 is 1.41 bits per heavy atom. The van der Waals surface area contributed by atoms with E-state index in [1.54, 1.807) is 0 Å². The van der Waals surface area contributed by atoms with Gasteiger partial charge in [0.25, 0.3) is 10.1 Å². The maximum absolute atomic E-state index is 13.3. The Morgan fingerprint density at radius 2 is 2.14 bits per heavy atom. The maximum atomic E-state index is 13.3. The van der Waals surface area contributed by atoms with Gasteiger partial charge in [0, 0.05) is 0 Å². The molecule has 0 radical (unpaired) electrons. The van der Waals surface area contributed by atoms with Crippen molar-refractivity contribution >= 4 is 10.1 Å². The number of hydrogen-bond acceptors (Lipinski definition) is 6. The van der Waals surface area contributed by atoms with Gasteiger partial charge >= 0.3 is 6.18 Å². The molecule has 0 spiro atoms. The molecule has 1 atom stereocenters. The number of nitrogens with zero attached hydrogens (tertiary/aromatic N) is 4. The van der Waals surface area contributed by atoms with Crippen molar-refractivity contribution in [3.8, 4) is 17.8 Å². The van der Waals surface area contributed by atoms with Crippen LogP contribution in [0, 0.1) is 17.2 Å². The molecule has 0 amide bonds. The summed E-state index contributed by atoms with van der Waals surface area (Å²) in [5.41, 5.74) is -1.22. The molecule has 1 N–H and O–H groups in total. The Balaban J connectivity index is 2.03. The highest BCUT2D eigenvalue weighted by Crippen LogP contribution is 2.37. The van der Waals surface area contributed by atoms with Gasteiger partial charge in [-0.3, -0.25) is 4.55 Å². The average Bonchev–Trinajstić information content (AvgIpc) is 3.22. The predicted molar refractivity (Wildman–Crippen MR) is 92.9 cm³/mol. The van der Waals surface area contributed by atoms with Gasteiger partial charge in [0.05, 0.1) is 12.8 Å². The number of pyridine rings is 1. The number of alkyl halides is 3. The lowest BCUT2D eigenvalue weighted by molar-refractivity contribution is -0.141. The zero-order valence-corrected chi connectivity index (χ0v) is 15.7. The van der Waals surface area contributed by atoms with Crippen LogP contribution in [0.15, 0.2) is 35.4 Å². The number of aromatic nitrogens is 3. The number of halogens is 3. The maximum Gasteiger partial charge on any atom is 0.436 e. The number of allylic oxidation sites excluding steroid dienone is 1. The van der Waals surface area contributed by atoms with Gasteiger partial charge in [0.1, 0.15) is 16.5 Å². The van der Waals surface area contributed by atoms with Crippen LogP contribution in [-0.2, 0) is 16.3 Å². The van der Waals surface area contributed by atoms with E-state index in [0.29, 0.717) is 11.1 Å². The first-order valence-corrected chi connectivity index (χ1v) is 9.78. The van der Waals surface area contributed by atoms with E-state index in [1.807, 2.05) is 0 Å². The minimum Gasteiger partial charge on any atom is -0.476 e. The van der Waals surface area contributed by atoms with Crippen LogP contribution in [0.25, 0.3) is 5.82 Å². The van der Waals surface area contributed by atoms with Crippen LogP contribution >= 0.6 is 0 Å². The van der Waals surface area contributed by atoms with E-state index in [0.717, 1.165) is 36.7 Å². The number of nitriles is 1. The molecule has 8 nitrogen and oxygen atoms in total. The Morgan fingerprint density at radius 3 is 2.62 bits per heavy atom. The first-order valence-electron chi connectivity index (χ1n) is 8.34. The van der Waals surface area contributed by atoms with Gasteiger partial charge < -0.3 is 4.74 Å². The van der Waals surface area contributed by atoms with Gasteiger partial charge in [-0.05, 0) is 37.3 Å². The van der Waals surface area contributed by atoms with Crippen molar-refractivity contribution in [1.82, 2.24) is 14.8 Å². The van der Waals surface area contributed by atoms with Crippen molar-refractivity contribution in [2.75, 3.05) is 6.61 Å². The summed E-state index contributed by atoms with van der Waals surface area (Å²) in [6, 6.07) is 3.46. The fourth-order valence-electron chi connectivity index (χ4n) is 3.00. The Labute approximate surface area is 164 Å². The van der Waals surface area contributed by atoms with Gasteiger partial charge in [-0.25, -0.2) is 4.98 Å². The summed E-state index contributed by atoms with van der Waals surface area (Å²) in [6.45, 7) is 3.92. The molecule has 2 aromatic heterocycles. The Hall–Kier alpha value is -2.91. The summed E-state index contributed by atoms with van der Waals surface area (Å²) in [7, 11) is -4.53. The van der Waals surface area contributed by atoms with Crippen LogP contribution in [0.4, 0.5) is 13.2 Å². The third-order valence-corrected chi connectivity index (χ3v) is 5.24. The van der Waals surface area contributed by atoms with Crippen LogP contribution in [-0.4, -0.2) is 34.3 Å². The van der Waals surface area contributed by atoms with Crippen molar-refractivity contribution in [2.24, 2.45) is 5.92 Å². The fraction of sp³-hybridized carbons (Fsp3) is 0.353. The SMILES string of the molecule is C=C1CCC(COc2c(C#N)c(C(F)(F)F)nn2-c2ccc(S(=O)(=O)O)cn2)C1. The zero-order chi connectivity index (χ0) is 21.4. The van der Waals surface area contributed by atoms with E-state index >= 15 is 0 Å². The summed E-state index contributed by atoms with van der Waals surface area (Å²) in [5, 5.41) is 12.7. The fourth-order valence-corrected chi connectivity index (χ4v) is 3.43. The van der Waals surface area contributed by atoms with Crippen molar-refractivity contribution in [3.05, 3.63) is 41.7 Å². The number of ether oxygens (including phenoxy) is 1. The average molecular weight is 428 g/mol. The molecule has 1 aliphatic rings. The minimum absolute atomic E-state index is 0.0431. The van der Waals surface area contributed by atoms with Crippen LogP contribution < -0.4 is 4.74 Å². The molecule has 12 heteroatoms. The highest BCUT2D eigenvalue weighted by Gasteiger charge is 2.41. The molecule has 1 fully saturated rings. The molecule has 0 saturated heterocycles. The van der Waals surface area contributed by atoms with Crippen molar-refractivity contribution in [1.29, 1.82) is 5.26 Å². The monoisotopic (exact) mass is 428 g/mol. The number of hydrogen-bond donors (Lipinski definition) is 1. The summed E-state index contributed by atoms with van der Waals surface area (Å²) in [4.78, 5) is 3.18. The van der Waals surface area contributed by atoms with Crippen molar-refractivity contribution in [2.45, 2.75) is 30.3 Å². The van der Waals surface area contributed by atoms with Gasteiger partial charge in [-0.2, -0.15) is 36.6 Å². The molecule has 29 heavy (non-hydrogen) atoms. The molecule has 154 valence electrons. The summed E-state index contributed by atoms with van der Waals surface area (Å²) in [6.07, 6.45) is -1.92. The first-order chi connectivity index (χ1) is 13.5. The predicted octanol–water partition coefficient (Wildman–Crippen LogP) is 3.14. The molecule has 1 saturated carbocycles. The second kappa shape index (κ2) is 7.49. The van der Waals surface area contributed by atoms with E-state index in [4.69, 9.17) is 9.29 Å². The van der Waals surface area contributed by atoms with E-state index in [-0.39, 0.29) is 18.3 Å². The highest BCUT2D eigenvalue weighted by molar-refractivity contribution is 7.85. The standard InChI is InChI=1S/C17H15F3N4O4S/c1-10-2-3-11(6-10)9-28-16-13(7-21)15(17(18,19)20)23-24(16)14-5-4-12(8-22-14)29(25,26)27/h4-5,8,11H,1-3,6,9H2,(H,25,26,27). The highest BCUT2D eigenvalue weighted by atomic mass is 32.2. The van der Waals surface area contributed by atoms with Crippen LogP contribution in [0.1, 0.15) is 30.5 Å². The second-order valence-electron chi connectivity index (χ2n) is 6.55. The molecular formula is C17H15F3N4O4S. The molecule has 1 aliphatic carbocycles. The van der Waals surface area contributed by atoms with Crippen molar-refractivity contribution in [3.63, 3.8) is 0 Å². The third kappa shape index (κ3) is 4.41. The summed E-state index contributed by atoms with van der Waals surface area (Å²) >= 11 is 0. The van der Waals surface area contributed by atoms with E-state index in [2.05, 4.69) is 16.7 Å². The molecule has 2 heterocycles. The lowest BCUT2D eigenvalue weighted by atomic mass is 10.1. The molecule has 0 bridgehead atoms. The van der Waals surface area contributed by atoms with E-state index < -0.39 is 38.3 Å². The zero-order valence-electron chi connectivity index (χ0n) is 14.8. The molecule has 1 unspecified atom stereocenters. The normalized spacial score (nSPS) is 17.3. The van der Waals surface area contributed by atoms with Gasteiger partial charge in [0.2, 0.25) is 5.88 Å². The van der Waals surface area contributed by atoms with Crippen LogP contribution in [0.2, 0.25) is 0 Å². The Kier molecular flexibility index (Phi) is 5.38. The topological polar surface area (TPSA) is 118 Å². The van der Waals surface area contributed by atoms with E-state index in [1.165, 1.54) is 6.07 Å². The lowest BCUT2D eigenvalue weighted by Gasteiger charge is -2.13. The summed E-state index contributed by atoms with van der Waals surface area (Å²) < 4.78 is 77.5. The Bertz CT molecular complexity index is 1090. The minimum atomic E-state index is -4.91. The smallest absolute Gasteiger partial charge is 0.436 e. The quantitative estimate of drug-likeness (QED) is 0.574.